The summed E-state index contributed by atoms with van der Waals surface area (Å²) in [7, 11) is 0. The highest BCUT2D eigenvalue weighted by molar-refractivity contribution is 6.30. The van der Waals surface area contributed by atoms with Crippen molar-refractivity contribution in [2.75, 3.05) is 13.1 Å². The average molecular weight is 312 g/mol. The van der Waals surface area contributed by atoms with Crippen molar-refractivity contribution in [2.45, 2.75) is 26.9 Å². The second-order valence-corrected chi connectivity index (χ2v) is 6.50. The number of nitrogens with one attached hydrogen (secondary N) is 1. The van der Waals surface area contributed by atoms with E-state index in [2.05, 4.69) is 5.32 Å². The summed E-state index contributed by atoms with van der Waals surface area (Å²) in [6, 6.07) is 4.53. The van der Waals surface area contributed by atoms with Gasteiger partial charge in [0, 0.05) is 13.1 Å². The Morgan fingerprint density at radius 2 is 2.14 bits per heavy atom. The summed E-state index contributed by atoms with van der Waals surface area (Å²) in [6.07, 6.45) is 1.54. The lowest BCUT2D eigenvalue weighted by Gasteiger charge is -2.28. The highest BCUT2D eigenvalue weighted by Crippen LogP contribution is 2.28. The molecule has 0 radical (unpaired) electrons. The summed E-state index contributed by atoms with van der Waals surface area (Å²) >= 11 is 5.83. The molecule has 0 amide bonds. The van der Waals surface area contributed by atoms with E-state index < -0.39 is 17.3 Å². The van der Waals surface area contributed by atoms with Crippen molar-refractivity contribution in [3.05, 3.63) is 40.7 Å². The standard InChI is InChI=1S/C16H19ClFNO2/c1-16(2,3)15(20)21-14-9-19-7-6-11(14)10-4-5-13(18)12(17)8-10/h4-6,8,14,19H,7,9H2,1-3H3. The van der Waals surface area contributed by atoms with Crippen molar-refractivity contribution in [3.63, 3.8) is 0 Å². The number of halogens is 2. The molecule has 0 aromatic heterocycles. The number of rotatable bonds is 2. The van der Waals surface area contributed by atoms with Gasteiger partial charge in [0.25, 0.3) is 0 Å². The minimum absolute atomic E-state index is 0.0628. The normalized spacial score (nSPS) is 19.1. The zero-order valence-electron chi connectivity index (χ0n) is 12.4. The number of hydrogen-bond donors (Lipinski definition) is 1. The molecule has 1 unspecified atom stereocenters. The summed E-state index contributed by atoms with van der Waals surface area (Å²) in [5.41, 5.74) is 1.06. The van der Waals surface area contributed by atoms with Gasteiger partial charge < -0.3 is 10.1 Å². The van der Waals surface area contributed by atoms with E-state index in [0.717, 1.165) is 11.1 Å². The van der Waals surface area contributed by atoms with Crippen LogP contribution in [0.3, 0.4) is 0 Å². The molecule has 3 nitrogen and oxygen atoms in total. The summed E-state index contributed by atoms with van der Waals surface area (Å²) in [5, 5.41) is 3.22. The summed E-state index contributed by atoms with van der Waals surface area (Å²) in [5.74, 6) is -0.728. The highest BCUT2D eigenvalue weighted by Gasteiger charge is 2.29. The number of carbonyl (C=O) groups is 1. The number of ether oxygens (including phenoxy) is 1. The highest BCUT2D eigenvalue weighted by atomic mass is 35.5. The first-order valence-corrected chi connectivity index (χ1v) is 7.24. The molecule has 114 valence electrons. The van der Waals surface area contributed by atoms with Gasteiger partial charge in [0.1, 0.15) is 11.9 Å². The van der Waals surface area contributed by atoms with Crippen LogP contribution in [0.1, 0.15) is 26.3 Å². The summed E-state index contributed by atoms with van der Waals surface area (Å²) in [4.78, 5) is 12.1. The summed E-state index contributed by atoms with van der Waals surface area (Å²) in [6.45, 7) is 6.63. The van der Waals surface area contributed by atoms with Crippen LogP contribution < -0.4 is 5.32 Å². The van der Waals surface area contributed by atoms with Crippen molar-refractivity contribution in [1.82, 2.24) is 5.32 Å². The zero-order chi connectivity index (χ0) is 15.6. The van der Waals surface area contributed by atoms with Crippen molar-refractivity contribution < 1.29 is 13.9 Å². The Bertz CT molecular complexity index is 578. The fourth-order valence-electron chi connectivity index (χ4n) is 2.03. The maximum atomic E-state index is 13.3. The maximum absolute atomic E-state index is 13.3. The molecule has 5 heteroatoms. The lowest BCUT2D eigenvalue weighted by Crippen LogP contribution is -2.38. The molecule has 2 rings (SSSR count). The molecule has 0 saturated carbocycles. The van der Waals surface area contributed by atoms with E-state index in [1.807, 2.05) is 26.8 Å². The molecule has 1 heterocycles. The maximum Gasteiger partial charge on any atom is 0.311 e. The summed E-state index contributed by atoms with van der Waals surface area (Å²) < 4.78 is 18.9. The first-order chi connectivity index (χ1) is 9.79. The van der Waals surface area contributed by atoms with Crippen molar-refractivity contribution in [1.29, 1.82) is 0 Å². The lowest BCUT2D eigenvalue weighted by atomic mass is 9.95. The first-order valence-electron chi connectivity index (χ1n) is 6.86. The largest absolute Gasteiger partial charge is 0.456 e. The van der Waals surface area contributed by atoms with Crippen LogP contribution in [-0.2, 0) is 9.53 Å². The molecule has 0 saturated heterocycles. The molecule has 0 fully saturated rings. The molecule has 1 atom stereocenters. The van der Waals surface area contributed by atoms with Gasteiger partial charge in [0.15, 0.2) is 0 Å². The second kappa shape index (κ2) is 6.16. The quantitative estimate of drug-likeness (QED) is 0.851. The zero-order valence-corrected chi connectivity index (χ0v) is 13.1. The molecule has 21 heavy (non-hydrogen) atoms. The predicted octanol–water partition coefficient (Wildman–Crippen LogP) is 3.42. The Kier molecular flexibility index (Phi) is 4.69. The minimum atomic E-state index is -0.566. The van der Waals surface area contributed by atoms with Crippen LogP contribution >= 0.6 is 11.6 Å². The van der Waals surface area contributed by atoms with Crippen LogP contribution in [0.25, 0.3) is 5.57 Å². The number of carbonyl (C=O) groups excluding carboxylic acids is 1. The first kappa shape index (κ1) is 16.0. The smallest absolute Gasteiger partial charge is 0.311 e. The van der Waals surface area contributed by atoms with Gasteiger partial charge in [0.2, 0.25) is 0 Å². The monoisotopic (exact) mass is 311 g/mol. The van der Waals surface area contributed by atoms with Gasteiger partial charge in [-0.3, -0.25) is 4.79 Å². The van der Waals surface area contributed by atoms with Gasteiger partial charge in [0.05, 0.1) is 10.4 Å². The van der Waals surface area contributed by atoms with Gasteiger partial charge in [-0.2, -0.15) is 0 Å². The van der Waals surface area contributed by atoms with E-state index in [1.165, 1.54) is 6.07 Å². The van der Waals surface area contributed by atoms with Crippen LogP contribution in [0.2, 0.25) is 5.02 Å². The Balaban J connectivity index is 2.25. The third-order valence-electron chi connectivity index (χ3n) is 3.26. The third-order valence-corrected chi connectivity index (χ3v) is 3.55. The van der Waals surface area contributed by atoms with Crippen LogP contribution in [-0.4, -0.2) is 25.2 Å². The molecular formula is C16H19ClFNO2. The van der Waals surface area contributed by atoms with E-state index in [9.17, 15) is 9.18 Å². The van der Waals surface area contributed by atoms with Crippen LogP contribution in [0.15, 0.2) is 24.3 Å². The molecule has 0 aliphatic carbocycles. The Hall–Kier alpha value is -1.39. The SMILES string of the molecule is CC(C)(C)C(=O)OC1CNCC=C1c1ccc(F)c(Cl)c1. The molecule has 1 N–H and O–H groups in total. The Morgan fingerprint density at radius 1 is 1.43 bits per heavy atom. The number of hydrogen-bond acceptors (Lipinski definition) is 3. The second-order valence-electron chi connectivity index (χ2n) is 6.09. The Morgan fingerprint density at radius 3 is 2.76 bits per heavy atom. The molecule has 1 aromatic rings. The van der Waals surface area contributed by atoms with Gasteiger partial charge in [-0.25, -0.2) is 4.39 Å². The van der Waals surface area contributed by atoms with E-state index in [-0.39, 0.29) is 11.0 Å². The fourth-order valence-corrected chi connectivity index (χ4v) is 2.21. The number of esters is 1. The van der Waals surface area contributed by atoms with Gasteiger partial charge >= 0.3 is 5.97 Å². The molecule has 0 bridgehead atoms. The van der Waals surface area contributed by atoms with Crippen molar-refractivity contribution >= 4 is 23.1 Å². The van der Waals surface area contributed by atoms with Gasteiger partial charge in [-0.05, 0) is 44.0 Å². The molecule has 0 spiro atoms. The third kappa shape index (κ3) is 3.83. The van der Waals surface area contributed by atoms with Crippen LogP contribution in [0.4, 0.5) is 4.39 Å². The predicted molar refractivity (Wildman–Crippen MR) is 81.6 cm³/mol. The minimum Gasteiger partial charge on any atom is -0.456 e. The molecule has 1 aromatic carbocycles. The Labute approximate surface area is 129 Å². The number of benzene rings is 1. The van der Waals surface area contributed by atoms with Gasteiger partial charge in [-0.15, -0.1) is 0 Å². The van der Waals surface area contributed by atoms with Crippen molar-refractivity contribution in [2.24, 2.45) is 5.41 Å². The van der Waals surface area contributed by atoms with Crippen LogP contribution in [0.5, 0.6) is 0 Å². The molecular weight excluding hydrogens is 293 g/mol. The van der Waals surface area contributed by atoms with Gasteiger partial charge in [-0.1, -0.05) is 23.7 Å². The fraction of sp³-hybridized carbons (Fsp3) is 0.438. The lowest BCUT2D eigenvalue weighted by molar-refractivity contribution is -0.155. The average Bonchev–Trinajstić information content (AvgIpc) is 2.41. The van der Waals surface area contributed by atoms with E-state index in [1.54, 1.807) is 12.1 Å². The topological polar surface area (TPSA) is 38.3 Å². The molecule has 1 aliphatic heterocycles. The molecule has 1 aliphatic rings. The van der Waals surface area contributed by atoms with E-state index in [4.69, 9.17) is 16.3 Å². The van der Waals surface area contributed by atoms with Crippen LogP contribution in [0, 0.1) is 11.2 Å². The van der Waals surface area contributed by atoms with E-state index >= 15 is 0 Å². The van der Waals surface area contributed by atoms with E-state index in [0.29, 0.717) is 13.1 Å². The van der Waals surface area contributed by atoms with Crippen molar-refractivity contribution in [3.8, 4) is 0 Å².